The number of aromatic nitrogens is 3. The highest BCUT2D eigenvalue weighted by Crippen LogP contribution is 2.35. The molecule has 0 saturated heterocycles. The third kappa shape index (κ3) is 3.47. The van der Waals surface area contributed by atoms with Crippen molar-refractivity contribution in [3.8, 4) is 12.0 Å². The van der Waals surface area contributed by atoms with Gasteiger partial charge in [0.25, 0.3) is 0 Å². The third-order valence-electron chi connectivity index (χ3n) is 3.93. The van der Waals surface area contributed by atoms with E-state index in [9.17, 15) is 0 Å². The van der Waals surface area contributed by atoms with Crippen molar-refractivity contribution < 1.29 is 9.47 Å². The van der Waals surface area contributed by atoms with Gasteiger partial charge in [-0.05, 0) is 24.8 Å². The Bertz CT molecular complexity index is 413. The summed E-state index contributed by atoms with van der Waals surface area (Å²) in [6.07, 6.45) is 6.08. The number of rotatable bonds is 6. The van der Waals surface area contributed by atoms with Crippen LogP contribution in [0.3, 0.4) is 0 Å². The molecule has 7 nitrogen and oxygen atoms in total. The number of hydrogen-bond donors (Lipinski definition) is 2. The molecule has 2 rings (SSSR count). The average molecular weight is 281 g/mol. The summed E-state index contributed by atoms with van der Waals surface area (Å²) in [7, 11) is 3.03. The van der Waals surface area contributed by atoms with Gasteiger partial charge in [0.2, 0.25) is 5.95 Å². The van der Waals surface area contributed by atoms with Crippen LogP contribution in [0, 0.1) is 5.41 Å². The van der Waals surface area contributed by atoms with E-state index in [4.69, 9.17) is 15.2 Å². The number of nitrogens with two attached hydrogens (primary N) is 1. The Kier molecular flexibility index (Phi) is 4.94. The van der Waals surface area contributed by atoms with Gasteiger partial charge in [-0.3, -0.25) is 0 Å². The molecule has 1 aromatic rings. The molecule has 0 bridgehead atoms. The molecule has 7 heteroatoms. The Morgan fingerprint density at radius 2 is 1.65 bits per heavy atom. The van der Waals surface area contributed by atoms with Crippen LogP contribution in [0.15, 0.2) is 0 Å². The standard InChI is InChI=1S/C13H23N5O2/c1-19-11-16-10(17-12(18-11)20-2)15-9-13(8-14)6-4-3-5-7-13/h3-9,14H2,1-2H3,(H,15,16,17,18). The zero-order valence-electron chi connectivity index (χ0n) is 12.2. The van der Waals surface area contributed by atoms with Crippen LogP contribution < -0.4 is 20.5 Å². The molecular formula is C13H23N5O2. The van der Waals surface area contributed by atoms with Gasteiger partial charge in [0, 0.05) is 6.54 Å². The van der Waals surface area contributed by atoms with E-state index in [1.165, 1.54) is 33.5 Å². The van der Waals surface area contributed by atoms with Gasteiger partial charge in [0.15, 0.2) is 0 Å². The SMILES string of the molecule is COc1nc(NCC2(CN)CCCCC2)nc(OC)n1. The van der Waals surface area contributed by atoms with Gasteiger partial charge >= 0.3 is 12.0 Å². The maximum atomic E-state index is 5.97. The molecule has 0 aliphatic heterocycles. The van der Waals surface area contributed by atoms with Crippen molar-refractivity contribution in [3.63, 3.8) is 0 Å². The van der Waals surface area contributed by atoms with E-state index in [2.05, 4.69) is 20.3 Å². The van der Waals surface area contributed by atoms with Gasteiger partial charge < -0.3 is 20.5 Å². The van der Waals surface area contributed by atoms with Gasteiger partial charge in [0.1, 0.15) is 0 Å². The molecule has 1 aliphatic rings. The van der Waals surface area contributed by atoms with E-state index in [1.807, 2.05) is 0 Å². The smallest absolute Gasteiger partial charge is 0.324 e. The van der Waals surface area contributed by atoms with E-state index >= 15 is 0 Å². The lowest BCUT2D eigenvalue weighted by Gasteiger charge is -2.36. The quantitative estimate of drug-likeness (QED) is 0.809. The normalized spacial score (nSPS) is 17.6. The van der Waals surface area contributed by atoms with Crippen LogP contribution in [0.1, 0.15) is 32.1 Å². The number of nitrogens with zero attached hydrogens (tertiary/aromatic N) is 3. The summed E-state index contributed by atoms with van der Waals surface area (Å²) in [4.78, 5) is 12.3. The maximum absolute atomic E-state index is 5.97. The summed E-state index contributed by atoms with van der Waals surface area (Å²) in [6.45, 7) is 1.44. The molecule has 0 spiro atoms. The minimum Gasteiger partial charge on any atom is -0.467 e. The first-order chi connectivity index (χ1) is 9.71. The molecule has 112 valence electrons. The number of anilines is 1. The minimum absolute atomic E-state index is 0.144. The highest BCUT2D eigenvalue weighted by Gasteiger charge is 2.30. The van der Waals surface area contributed by atoms with E-state index in [0.717, 1.165) is 19.4 Å². The van der Waals surface area contributed by atoms with Crippen molar-refractivity contribution in [2.75, 3.05) is 32.6 Å². The van der Waals surface area contributed by atoms with Crippen LogP contribution in [0.2, 0.25) is 0 Å². The summed E-state index contributed by atoms with van der Waals surface area (Å²) >= 11 is 0. The molecular weight excluding hydrogens is 258 g/mol. The number of nitrogens with one attached hydrogen (secondary N) is 1. The first-order valence-electron chi connectivity index (χ1n) is 6.99. The summed E-state index contributed by atoms with van der Waals surface area (Å²) in [5.74, 6) is 0.465. The molecule has 1 aliphatic carbocycles. The zero-order chi connectivity index (χ0) is 14.4. The molecule has 1 heterocycles. The summed E-state index contributed by atoms with van der Waals surface area (Å²) in [5, 5.41) is 3.25. The van der Waals surface area contributed by atoms with Gasteiger partial charge in [-0.1, -0.05) is 19.3 Å². The topological polar surface area (TPSA) is 95.2 Å². The number of hydrogen-bond acceptors (Lipinski definition) is 7. The average Bonchev–Trinajstić information content (AvgIpc) is 2.53. The number of ether oxygens (including phenoxy) is 2. The Morgan fingerprint density at radius 3 is 2.15 bits per heavy atom. The molecule has 0 amide bonds. The predicted octanol–water partition coefficient (Wildman–Crippen LogP) is 1.21. The van der Waals surface area contributed by atoms with Crippen LogP contribution in [0.4, 0.5) is 5.95 Å². The predicted molar refractivity (Wildman–Crippen MR) is 76.0 cm³/mol. The van der Waals surface area contributed by atoms with Gasteiger partial charge in [0.05, 0.1) is 14.2 Å². The fraction of sp³-hybridized carbons (Fsp3) is 0.769. The molecule has 3 N–H and O–H groups in total. The molecule has 0 unspecified atom stereocenters. The molecule has 0 atom stereocenters. The fourth-order valence-electron chi connectivity index (χ4n) is 2.62. The highest BCUT2D eigenvalue weighted by molar-refractivity contribution is 5.28. The number of methoxy groups -OCH3 is 2. The van der Waals surface area contributed by atoms with Crippen molar-refractivity contribution in [2.45, 2.75) is 32.1 Å². The van der Waals surface area contributed by atoms with Gasteiger partial charge in [-0.2, -0.15) is 9.97 Å². The fourth-order valence-corrected chi connectivity index (χ4v) is 2.62. The van der Waals surface area contributed by atoms with Crippen molar-refractivity contribution in [1.82, 2.24) is 15.0 Å². The molecule has 20 heavy (non-hydrogen) atoms. The summed E-state index contributed by atoms with van der Waals surface area (Å²) in [6, 6.07) is 0.481. The van der Waals surface area contributed by atoms with E-state index in [0.29, 0.717) is 12.5 Å². The Hall–Kier alpha value is -1.63. The highest BCUT2D eigenvalue weighted by atomic mass is 16.5. The Balaban J connectivity index is 2.05. The zero-order valence-corrected chi connectivity index (χ0v) is 12.2. The largest absolute Gasteiger partial charge is 0.467 e. The Labute approximate surface area is 119 Å². The minimum atomic E-state index is 0.144. The lowest BCUT2D eigenvalue weighted by atomic mass is 9.74. The second kappa shape index (κ2) is 6.69. The van der Waals surface area contributed by atoms with Crippen LogP contribution >= 0.6 is 0 Å². The summed E-state index contributed by atoms with van der Waals surface area (Å²) in [5.41, 5.74) is 6.12. The van der Waals surface area contributed by atoms with E-state index in [-0.39, 0.29) is 17.4 Å². The van der Waals surface area contributed by atoms with Crippen LogP contribution in [-0.2, 0) is 0 Å². The van der Waals surface area contributed by atoms with Crippen molar-refractivity contribution in [2.24, 2.45) is 11.1 Å². The van der Waals surface area contributed by atoms with Crippen LogP contribution in [0.25, 0.3) is 0 Å². The van der Waals surface area contributed by atoms with E-state index in [1.54, 1.807) is 0 Å². The summed E-state index contributed by atoms with van der Waals surface area (Å²) < 4.78 is 10.1. The molecule has 1 aromatic heterocycles. The monoisotopic (exact) mass is 281 g/mol. The third-order valence-corrected chi connectivity index (χ3v) is 3.93. The molecule has 1 fully saturated rings. The van der Waals surface area contributed by atoms with Gasteiger partial charge in [-0.25, -0.2) is 0 Å². The first-order valence-corrected chi connectivity index (χ1v) is 6.99. The Morgan fingerprint density at radius 1 is 1.05 bits per heavy atom. The molecule has 1 saturated carbocycles. The first kappa shape index (κ1) is 14.8. The van der Waals surface area contributed by atoms with Crippen molar-refractivity contribution >= 4 is 5.95 Å². The van der Waals surface area contributed by atoms with Crippen molar-refractivity contribution in [3.05, 3.63) is 0 Å². The molecule has 0 radical (unpaired) electrons. The lowest BCUT2D eigenvalue weighted by Crippen LogP contribution is -2.39. The van der Waals surface area contributed by atoms with Crippen LogP contribution in [0.5, 0.6) is 12.0 Å². The van der Waals surface area contributed by atoms with Gasteiger partial charge in [-0.15, -0.1) is 4.98 Å². The lowest BCUT2D eigenvalue weighted by molar-refractivity contribution is 0.215. The second-order valence-electron chi connectivity index (χ2n) is 5.25. The van der Waals surface area contributed by atoms with E-state index < -0.39 is 0 Å². The second-order valence-corrected chi connectivity index (χ2v) is 5.25. The van der Waals surface area contributed by atoms with Crippen molar-refractivity contribution in [1.29, 1.82) is 0 Å². The maximum Gasteiger partial charge on any atom is 0.324 e. The van der Waals surface area contributed by atoms with Crippen LogP contribution in [-0.4, -0.2) is 42.3 Å². The molecule has 0 aromatic carbocycles.